The highest BCUT2D eigenvalue weighted by Crippen LogP contribution is 2.34. The zero-order valence-electron chi connectivity index (χ0n) is 15.0. The number of aromatic nitrogens is 2. The molecule has 8 nitrogen and oxygen atoms in total. The largest absolute Gasteiger partial charge is 0.454 e. The third-order valence-electron chi connectivity index (χ3n) is 4.94. The van der Waals surface area contributed by atoms with Crippen molar-refractivity contribution in [1.82, 2.24) is 14.9 Å². The number of carbonyl (C=O) groups is 1. The van der Waals surface area contributed by atoms with Crippen LogP contribution in [0.1, 0.15) is 19.3 Å². The van der Waals surface area contributed by atoms with Crippen molar-refractivity contribution in [3.63, 3.8) is 0 Å². The molecule has 2 aliphatic rings. The number of benzene rings is 1. The van der Waals surface area contributed by atoms with Crippen molar-refractivity contribution in [2.45, 2.75) is 38.0 Å². The summed E-state index contributed by atoms with van der Waals surface area (Å²) in [7, 11) is 1.66. The van der Waals surface area contributed by atoms with Crippen molar-refractivity contribution >= 4 is 29.1 Å². The molecule has 1 saturated heterocycles. The Morgan fingerprint density at radius 3 is 2.93 bits per heavy atom. The first-order valence-corrected chi connectivity index (χ1v) is 8.72. The molecule has 9 heteroatoms. The molecule has 4 rings (SSSR count). The van der Waals surface area contributed by atoms with Gasteiger partial charge < -0.3 is 19.5 Å². The third-order valence-corrected chi connectivity index (χ3v) is 4.94. The zero-order valence-corrected chi connectivity index (χ0v) is 15.8. The lowest BCUT2D eigenvalue weighted by Gasteiger charge is -2.31. The summed E-state index contributed by atoms with van der Waals surface area (Å²) in [5, 5.41) is 3.74. The van der Waals surface area contributed by atoms with Crippen LogP contribution in [0.15, 0.2) is 23.3 Å². The van der Waals surface area contributed by atoms with Crippen molar-refractivity contribution in [2.75, 3.05) is 20.4 Å². The van der Waals surface area contributed by atoms with Gasteiger partial charge in [0.05, 0.1) is 29.9 Å². The normalized spacial score (nSPS) is 21.1. The van der Waals surface area contributed by atoms with E-state index >= 15 is 0 Å². The fourth-order valence-electron chi connectivity index (χ4n) is 3.57. The quantitative estimate of drug-likeness (QED) is 0.815. The van der Waals surface area contributed by atoms with Gasteiger partial charge in [-0.1, -0.05) is 0 Å². The summed E-state index contributed by atoms with van der Waals surface area (Å²) in [6.07, 6.45) is 3.73. The molecule has 2 atom stereocenters. The molecule has 0 bridgehead atoms. The molecule has 27 heavy (non-hydrogen) atoms. The maximum absolute atomic E-state index is 12.7. The standard InChI is InChI=1S/C18H21N3O5.ClH/c1-24-15-3-2-4-19-14(15)5-11(22)8-21-9-20-13-7-17-16(25-10-26-17)6-12(13)18(21)23;/h6-7,9,14-15,19H,2-5,8,10H2,1H3;1H. The number of rotatable bonds is 5. The zero-order chi connectivity index (χ0) is 18.1. The second kappa shape index (κ2) is 8.24. The van der Waals surface area contributed by atoms with E-state index in [4.69, 9.17) is 14.2 Å². The maximum Gasteiger partial charge on any atom is 0.261 e. The van der Waals surface area contributed by atoms with Gasteiger partial charge in [0.15, 0.2) is 17.3 Å². The number of fused-ring (bicyclic) bond motifs is 2. The average molecular weight is 396 g/mol. The van der Waals surface area contributed by atoms with Crippen LogP contribution < -0.4 is 20.3 Å². The van der Waals surface area contributed by atoms with Crippen LogP contribution in [0, 0.1) is 0 Å². The van der Waals surface area contributed by atoms with Crippen LogP contribution in [0.2, 0.25) is 0 Å². The number of Topliss-reactive ketones (excluding diaryl/α,β-unsaturated/α-hetero) is 1. The summed E-state index contributed by atoms with van der Waals surface area (Å²) in [4.78, 5) is 29.5. The van der Waals surface area contributed by atoms with Gasteiger partial charge in [0, 0.05) is 25.6 Å². The summed E-state index contributed by atoms with van der Waals surface area (Å²) < 4.78 is 17.4. The van der Waals surface area contributed by atoms with Gasteiger partial charge >= 0.3 is 0 Å². The monoisotopic (exact) mass is 395 g/mol. The predicted octanol–water partition coefficient (Wildman–Crippen LogP) is 1.27. The first kappa shape index (κ1) is 19.6. The third kappa shape index (κ3) is 3.92. The van der Waals surface area contributed by atoms with E-state index in [1.54, 1.807) is 19.2 Å². The Balaban J connectivity index is 0.00000210. The Kier molecular flexibility index (Phi) is 5.98. The Labute approximate surface area is 162 Å². The van der Waals surface area contributed by atoms with E-state index in [-0.39, 0.29) is 49.2 Å². The Bertz CT molecular complexity index is 900. The molecule has 1 fully saturated rings. The lowest BCUT2D eigenvalue weighted by molar-refractivity contribution is -0.121. The Hall–Kier alpha value is -2.16. The Morgan fingerprint density at radius 2 is 2.15 bits per heavy atom. The van der Waals surface area contributed by atoms with Crippen molar-refractivity contribution in [2.24, 2.45) is 0 Å². The molecule has 0 spiro atoms. The molecule has 1 aromatic heterocycles. The van der Waals surface area contributed by atoms with Crippen LogP contribution in [0.5, 0.6) is 11.5 Å². The second-order valence-corrected chi connectivity index (χ2v) is 6.62. The SMILES string of the molecule is COC1CCCNC1CC(=O)Cn1cnc2cc3c(cc2c1=O)OCO3.Cl. The van der Waals surface area contributed by atoms with E-state index in [9.17, 15) is 9.59 Å². The Morgan fingerprint density at radius 1 is 1.37 bits per heavy atom. The lowest BCUT2D eigenvalue weighted by Crippen LogP contribution is -2.47. The van der Waals surface area contributed by atoms with Crippen LogP contribution in [-0.2, 0) is 16.1 Å². The topological polar surface area (TPSA) is 91.7 Å². The number of hydrogen-bond donors (Lipinski definition) is 1. The number of carbonyl (C=O) groups excluding carboxylic acids is 1. The molecule has 0 saturated carbocycles. The number of ketones is 1. The highest BCUT2D eigenvalue weighted by atomic mass is 35.5. The van der Waals surface area contributed by atoms with Gasteiger partial charge in [-0.05, 0) is 25.5 Å². The average Bonchev–Trinajstić information content (AvgIpc) is 3.10. The van der Waals surface area contributed by atoms with Crippen LogP contribution >= 0.6 is 12.4 Å². The second-order valence-electron chi connectivity index (χ2n) is 6.62. The first-order valence-electron chi connectivity index (χ1n) is 8.72. The summed E-state index contributed by atoms with van der Waals surface area (Å²) in [6.45, 7) is 1.00. The molecule has 3 heterocycles. The summed E-state index contributed by atoms with van der Waals surface area (Å²) in [5.74, 6) is 1.07. The van der Waals surface area contributed by atoms with Gasteiger partial charge in [0.25, 0.3) is 5.56 Å². The smallest absolute Gasteiger partial charge is 0.261 e. The number of hydrogen-bond acceptors (Lipinski definition) is 7. The molecule has 0 amide bonds. The maximum atomic E-state index is 12.7. The molecule has 0 radical (unpaired) electrons. The molecular weight excluding hydrogens is 374 g/mol. The van der Waals surface area contributed by atoms with E-state index in [0.717, 1.165) is 19.4 Å². The van der Waals surface area contributed by atoms with Crippen LogP contribution in [0.4, 0.5) is 0 Å². The van der Waals surface area contributed by atoms with Crippen molar-refractivity contribution in [3.05, 3.63) is 28.8 Å². The van der Waals surface area contributed by atoms with E-state index in [2.05, 4.69) is 10.3 Å². The number of nitrogens with one attached hydrogen (secondary N) is 1. The molecule has 2 aromatic rings. The minimum Gasteiger partial charge on any atom is -0.454 e. The fourth-order valence-corrected chi connectivity index (χ4v) is 3.57. The number of ether oxygens (including phenoxy) is 3. The van der Waals surface area contributed by atoms with Crippen LogP contribution in [-0.4, -0.2) is 47.9 Å². The molecular formula is C18H22ClN3O5. The van der Waals surface area contributed by atoms with Gasteiger partial charge in [0.1, 0.15) is 0 Å². The van der Waals surface area contributed by atoms with Gasteiger partial charge in [0.2, 0.25) is 6.79 Å². The van der Waals surface area contributed by atoms with Crippen molar-refractivity contribution < 1.29 is 19.0 Å². The number of piperidine rings is 1. The molecule has 0 aliphatic carbocycles. The number of methoxy groups -OCH3 is 1. The van der Waals surface area contributed by atoms with Crippen molar-refractivity contribution in [3.8, 4) is 11.5 Å². The van der Waals surface area contributed by atoms with Gasteiger partial charge in [-0.3, -0.25) is 14.2 Å². The lowest BCUT2D eigenvalue weighted by atomic mass is 9.96. The van der Waals surface area contributed by atoms with Gasteiger partial charge in [-0.15, -0.1) is 12.4 Å². The van der Waals surface area contributed by atoms with E-state index in [0.29, 0.717) is 28.8 Å². The highest BCUT2D eigenvalue weighted by Gasteiger charge is 2.26. The van der Waals surface area contributed by atoms with Gasteiger partial charge in [-0.25, -0.2) is 4.98 Å². The first-order chi connectivity index (χ1) is 12.7. The van der Waals surface area contributed by atoms with Crippen LogP contribution in [0.25, 0.3) is 10.9 Å². The van der Waals surface area contributed by atoms with Crippen LogP contribution in [0.3, 0.4) is 0 Å². The number of halogens is 1. The van der Waals surface area contributed by atoms with E-state index in [1.807, 2.05) is 0 Å². The summed E-state index contributed by atoms with van der Waals surface area (Å²) >= 11 is 0. The summed E-state index contributed by atoms with van der Waals surface area (Å²) in [5.41, 5.74) is 0.262. The highest BCUT2D eigenvalue weighted by molar-refractivity contribution is 5.85. The number of nitrogens with zero attached hydrogens (tertiary/aromatic N) is 2. The van der Waals surface area contributed by atoms with Gasteiger partial charge in [-0.2, -0.15) is 0 Å². The molecule has 146 valence electrons. The van der Waals surface area contributed by atoms with E-state index < -0.39 is 0 Å². The van der Waals surface area contributed by atoms with Crippen molar-refractivity contribution in [1.29, 1.82) is 0 Å². The summed E-state index contributed by atoms with van der Waals surface area (Å²) in [6, 6.07) is 3.29. The van der Waals surface area contributed by atoms with E-state index in [1.165, 1.54) is 10.9 Å². The predicted molar refractivity (Wildman–Crippen MR) is 101 cm³/mol. The molecule has 1 aromatic carbocycles. The minimum absolute atomic E-state index is 0. The molecule has 2 unspecified atom stereocenters. The minimum atomic E-state index is -0.262. The molecule has 1 N–H and O–H groups in total. The fraction of sp³-hybridized carbons (Fsp3) is 0.500. The molecule has 2 aliphatic heterocycles.